The molecule has 12 heteroatoms. The number of primary sulfonamides is 1. The van der Waals surface area contributed by atoms with Crippen LogP contribution < -0.4 is 10.0 Å². The number of hydrogen-bond donors (Lipinski definition) is 1. The summed E-state index contributed by atoms with van der Waals surface area (Å²) in [5.41, 5.74) is -1.37. The zero-order valence-corrected chi connectivity index (χ0v) is 11.7. The smallest absolute Gasteiger partial charge is 0.299 e. The standard InChI is InChI=1S/C10H10N4O7S/c11-22(20,21)7-4-10(15)12(5-7)8-2-1-6(13(16)17)3-9(8)14(18)19/h1-3,7H,4-5H2,(H2,11,20,21). The molecule has 0 bridgehead atoms. The van der Waals surface area contributed by atoms with Crippen LogP contribution in [-0.2, 0) is 14.8 Å². The third-order valence-electron chi connectivity index (χ3n) is 3.21. The van der Waals surface area contributed by atoms with Crippen molar-refractivity contribution in [3.05, 3.63) is 38.4 Å². The van der Waals surface area contributed by atoms with E-state index in [4.69, 9.17) is 5.14 Å². The predicted molar refractivity (Wildman–Crippen MR) is 73.6 cm³/mol. The van der Waals surface area contributed by atoms with Crippen LogP contribution in [-0.4, -0.2) is 36.0 Å². The fourth-order valence-electron chi connectivity index (χ4n) is 2.13. The summed E-state index contributed by atoms with van der Waals surface area (Å²) in [6, 6.07) is 2.76. The fraction of sp³-hybridized carbons (Fsp3) is 0.300. The van der Waals surface area contributed by atoms with Crippen LogP contribution in [0.25, 0.3) is 0 Å². The van der Waals surface area contributed by atoms with E-state index in [9.17, 15) is 33.4 Å². The van der Waals surface area contributed by atoms with Gasteiger partial charge in [0.15, 0.2) is 0 Å². The van der Waals surface area contributed by atoms with Gasteiger partial charge in [-0.05, 0) is 6.07 Å². The number of non-ortho nitro benzene ring substituents is 1. The van der Waals surface area contributed by atoms with E-state index in [0.717, 1.165) is 17.0 Å². The minimum Gasteiger partial charge on any atom is -0.305 e. The largest absolute Gasteiger partial charge is 0.305 e. The molecule has 1 aromatic rings. The number of sulfonamides is 1. The highest BCUT2D eigenvalue weighted by atomic mass is 32.2. The number of benzene rings is 1. The molecule has 22 heavy (non-hydrogen) atoms. The van der Waals surface area contributed by atoms with Crippen LogP contribution >= 0.6 is 0 Å². The molecule has 1 fully saturated rings. The Morgan fingerprint density at radius 1 is 1.23 bits per heavy atom. The number of anilines is 1. The molecule has 1 heterocycles. The lowest BCUT2D eigenvalue weighted by molar-refractivity contribution is -0.393. The first-order chi connectivity index (χ1) is 10.1. The molecule has 1 aromatic carbocycles. The second-order valence-electron chi connectivity index (χ2n) is 4.61. The molecule has 1 saturated heterocycles. The molecule has 0 radical (unpaired) electrons. The first-order valence-corrected chi connectivity index (χ1v) is 7.47. The summed E-state index contributed by atoms with van der Waals surface area (Å²) in [4.78, 5) is 32.8. The van der Waals surface area contributed by atoms with Crippen molar-refractivity contribution in [3.63, 3.8) is 0 Å². The molecule has 2 N–H and O–H groups in total. The van der Waals surface area contributed by atoms with E-state index >= 15 is 0 Å². The van der Waals surface area contributed by atoms with E-state index in [2.05, 4.69) is 0 Å². The van der Waals surface area contributed by atoms with Crippen LogP contribution in [0.2, 0.25) is 0 Å². The van der Waals surface area contributed by atoms with Crippen LogP contribution in [0.1, 0.15) is 6.42 Å². The minimum absolute atomic E-state index is 0.202. The second kappa shape index (κ2) is 5.31. The van der Waals surface area contributed by atoms with E-state index in [1.54, 1.807) is 0 Å². The molecule has 1 atom stereocenters. The van der Waals surface area contributed by atoms with Crippen molar-refractivity contribution in [2.45, 2.75) is 11.7 Å². The van der Waals surface area contributed by atoms with Gasteiger partial charge in [-0.3, -0.25) is 25.0 Å². The SMILES string of the molecule is NS(=O)(=O)C1CC(=O)N(c2ccc([N+](=O)[O-])cc2[N+](=O)[O-])C1. The first kappa shape index (κ1) is 15.8. The van der Waals surface area contributed by atoms with Gasteiger partial charge in [-0.25, -0.2) is 13.6 Å². The number of carbonyl (C=O) groups is 1. The Labute approximate surface area is 123 Å². The molecule has 0 aromatic heterocycles. The Bertz CT molecular complexity index is 775. The Morgan fingerprint density at radius 3 is 2.32 bits per heavy atom. The van der Waals surface area contributed by atoms with E-state index in [0.29, 0.717) is 6.07 Å². The molecule has 1 amide bonds. The number of amides is 1. The maximum absolute atomic E-state index is 11.9. The van der Waals surface area contributed by atoms with Gasteiger partial charge in [0.25, 0.3) is 11.4 Å². The third kappa shape index (κ3) is 2.87. The van der Waals surface area contributed by atoms with Crippen molar-refractivity contribution in [3.8, 4) is 0 Å². The zero-order valence-electron chi connectivity index (χ0n) is 10.9. The number of nitro groups is 2. The van der Waals surface area contributed by atoms with Gasteiger partial charge >= 0.3 is 0 Å². The summed E-state index contributed by atoms with van der Waals surface area (Å²) in [5.74, 6) is -0.657. The predicted octanol–water partition coefficient (Wildman–Crippen LogP) is -0.103. The highest BCUT2D eigenvalue weighted by molar-refractivity contribution is 7.89. The second-order valence-corrected chi connectivity index (χ2v) is 6.45. The van der Waals surface area contributed by atoms with Crippen molar-refractivity contribution in [1.29, 1.82) is 0 Å². The summed E-state index contributed by atoms with van der Waals surface area (Å²) in [6.07, 6.45) is -0.396. The molecule has 11 nitrogen and oxygen atoms in total. The Balaban J connectivity index is 2.47. The summed E-state index contributed by atoms with van der Waals surface area (Å²) in [5, 5.41) is 25.5. The average molecular weight is 330 g/mol. The van der Waals surface area contributed by atoms with E-state index in [1.807, 2.05) is 0 Å². The van der Waals surface area contributed by atoms with Gasteiger partial charge in [0.2, 0.25) is 15.9 Å². The van der Waals surface area contributed by atoms with Crippen LogP contribution in [0.15, 0.2) is 18.2 Å². The average Bonchev–Trinajstić information content (AvgIpc) is 2.79. The maximum Gasteiger partial charge on any atom is 0.299 e. The van der Waals surface area contributed by atoms with Crippen molar-refractivity contribution < 1.29 is 23.1 Å². The summed E-state index contributed by atoms with van der Waals surface area (Å²) in [6.45, 7) is -0.337. The van der Waals surface area contributed by atoms with Crippen LogP contribution in [0.4, 0.5) is 17.1 Å². The molecule has 1 aliphatic heterocycles. The van der Waals surface area contributed by atoms with E-state index in [-0.39, 0.29) is 12.2 Å². The monoisotopic (exact) mass is 330 g/mol. The molecule has 0 aliphatic carbocycles. The number of hydrogen-bond acceptors (Lipinski definition) is 7. The van der Waals surface area contributed by atoms with Gasteiger partial charge in [-0.15, -0.1) is 0 Å². The van der Waals surface area contributed by atoms with Crippen LogP contribution in [0.5, 0.6) is 0 Å². The van der Waals surface area contributed by atoms with Gasteiger partial charge in [-0.1, -0.05) is 0 Å². The third-order valence-corrected chi connectivity index (χ3v) is 4.46. The van der Waals surface area contributed by atoms with Gasteiger partial charge in [0.1, 0.15) is 10.9 Å². The highest BCUT2D eigenvalue weighted by Gasteiger charge is 2.39. The number of carbonyl (C=O) groups excluding carboxylic acids is 1. The number of nitro benzene ring substituents is 2. The number of nitrogens with two attached hydrogens (primary N) is 1. The summed E-state index contributed by atoms with van der Waals surface area (Å²) in [7, 11) is -3.97. The first-order valence-electron chi connectivity index (χ1n) is 5.86. The lowest BCUT2D eigenvalue weighted by Crippen LogP contribution is -2.32. The topological polar surface area (TPSA) is 167 Å². The summed E-state index contributed by atoms with van der Waals surface area (Å²) < 4.78 is 22.6. The Morgan fingerprint density at radius 2 is 1.86 bits per heavy atom. The van der Waals surface area contributed by atoms with Crippen LogP contribution in [0.3, 0.4) is 0 Å². The molecular weight excluding hydrogens is 320 g/mol. The zero-order chi connectivity index (χ0) is 16.7. The lowest BCUT2D eigenvalue weighted by atomic mass is 10.2. The number of nitrogens with zero attached hydrogens (tertiary/aromatic N) is 3. The molecule has 118 valence electrons. The van der Waals surface area contributed by atoms with Gasteiger partial charge < -0.3 is 4.90 Å². The van der Waals surface area contributed by atoms with Crippen molar-refractivity contribution in [2.24, 2.45) is 5.14 Å². The van der Waals surface area contributed by atoms with E-state index < -0.39 is 48.8 Å². The maximum atomic E-state index is 11.9. The molecular formula is C10H10N4O7S. The number of rotatable bonds is 4. The van der Waals surface area contributed by atoms with Gasteiger partial charge in [0, 0.05) is 19.0 Å². The molecule has 0 saturated carbocycles. The molecule has 1 unspecified atom stereocenters. The summed E-state index contributed by atoms with van der Waals surface area (Å²) >= 11 is 0. The molecule has 1 aliphatic rings. The van der Waals surface area contributed by atoms with Gasteiger partial charge in [-0.2, -0.15) is 0 Å². The van der Waals surface area contributed by atoms with Crippen LogP contribution in [0, 0.1) is 20.2 Å². The highest BCUT2D eigenvalue weighted by Crippen LogP contribution is 2.35. The van der Waals surface area contributed by atoms with Crippen molar-refractivity contribution in [2.75, 3.05) is 11.4 Å². The Hall–Kier alpha value is -2.60. The normalized spacial score (nSPS) is 18.5. The van der Waals surface area contributed by atoms with Crippen molar-refractivity contribution >= 4 is 33.0 Å². The molecule has 2 rings (SSSR count). The minimum atomic E-state index is -3.97. The van der Waals surface area contributed by atoms with Crippen molar-refractivity contribution in [1.82, 2.24) is 0 Å². The lowest BCUT2D eigenvalue weighted by Gasteiger charge is -2.16. The van der Waals surface area contributed by atoms with E-state index in [1.165, 1.54) is 0 Å². The molecule has 0 spiro atoms. The van der Waals surface area contributed by atoms with Gasteiger partial charge in [0.05, 0.1) is 15.9 Å². The fourth-order valence-corrected chi connectivity index (χ4v) is 2.86. The Kier molecular flexibility index (Phi) is 3.81. The quantitative estimate of drug-likeness (QED) is 0.593.